The number of ether oxygens (including phenoxy) is 1. The molecule has 0 atom stereocenters. The maximum absolute atomic E-state index is 12.9. The second kappa shape index (κ2) is 9.74. The van der Waals surface area contributed by atoms with E-state index in [0.717, 1.165) is 58.7 Å². The van der Waals surface area contributed by atoms with Gasteiger partial charge in [0.05, 0.1) is 22.9 Å². The van der Waals surface area contributed by atoms with Gasteiger partial charge in [-0.05, 0) is 79.6 Å². The van der Waals surface area contributed by atoms with Gasteiger partial charge in [-0.1, -0.05) is 44.9 Å². The molecule has 3 heteroatoms. The zero-order valence-corrected chi connectivity index (χ0v) is 20.4. The van der Waals surface area contributed by atoms with Crippen molar-refractivity contribution >= 4 is 27.9 Å². The number of esters is 1. The first-order valence-electron chi connectivity index (χ1n) is 12.1. The van der Waals surface area contributed by atoms with Gasteiger partial charge in [0.25, 0.3) is 0 Å². The zero-order valence-electron chi connectivity index (χ0n) is 20.4. The molecular formula is C30H33O3+. The van der Waals surface area contributed by atoms with Crippen molar-refractivity contribution in [2.24, 2.45) is 0 Å². The molecule has 1 aromatic heterocycles. The Balaban J connectivity index is 2.13. The van der Waals surface area contributed by atoms with Gasteiger partial charge >= 0.3 is 17.1 Å². The van der Waals surface area contributed by atoms with E-state index in [1.54, 1.807) is 0 Å². The largest absolute Gasteiger partial charge is 0.462 e. The molecule has 3 aromatic carbocycles. The molecule has 0 N–H and O–H groups in total. The van der Waals surface area contributed by atoms with Gasteiger partial charge in [-0.3, -0.25) is 0 Å². The Morgan fingerprint density at radius 1 is 0.818 bits per heavy atom. The van der Waals surface area contributed by atoms with Gasteiger partial charge in [0, 0.05) is 17.7 Å². The highest BCUT2D eigenvalue weighted by Gasteiger charge is 2.25. The van der Waals surface area contributed by atoms with Gasteiger partial charge in [-0.2, -0.15) is 0 Å². The van der Waals surface area contributed by atoms with Crippen molar-refractivity contribution in [3.05, 3.63) is 76.3 Å². The molecule has 4 aromatic rings. The maximum Gasteiger partial charge on any atom is 0.361 e. The lowest BCUT2D eigenvalue weighted by Crippen LogP contribution is -2.06. The summed E-state index contributed by atoms with van der Waals surface area (Å²) in [5.74, 6) is -0.297. The Hall–Kier alpha value is -3.20. The highest BCUT2D eigenvalue weighted by molar-refractivity contribution is 6.12. The summed E-state index contributed by atoms with van der Waals surface area (Å²) in [6, 6.07) is 16.6. The van der Waals surface area contributed by atoms with Crippen LogP contribution in [0.5, 0.6) is 0 Å². The van der Waals surface area contributed by atoms with Crippen molar-refractivity contribution in [1.82, 2.24) is 0 Å². The normalized spacial score (nSPS) is 11.3. The van der Waals surface area contributed by atoms with Crippen molar-refractivity contribution in [3.63, 3.8) is 0 Å². The molecule has 0 unspecified atom stereocenters. The van der Waals surface area contributed by atoms with Crippen LogP contribution in [-0.4, -0.2) is 12.6 Å². The number of rotatable bonds is 7. The molecule has 0 aliphatic rings. The molecule has 33 heavy (non-hydrogen) atoms. The van der Waals surface area contributed by atoms with Gasteiger partial charge in [0.1, 0.15) is 0 Å². The Labute approximate surface area is 196 Å². The quantitative estimate of drug-likeness (QED) is 0.165. The number of carbonyl (C=O) groups excluding carboxylic acids is 1. The standard InChI is InChI=1S/C30H33O3/c1-6-11-21-17-27-25(15-19(21)4)29(23-13-9-10-14-24(23)30(31)32-8-3)26-16-20(5)22(12-7-2)18-28(26)33-27/h9-10,13-18H,6-8,11-12H2,1-5H3/q+1. The van der Waals surface area contributed by atoms with Crippen LogP contribution in [0.4, 0.5) is 0 Å². The van der Waals surface area contributed by atoms with Crippen molar-refractivity contribution in [3.8, 4) is 11.1 Å². The van der Waals surface area contributed by atoms with Crippen LogP contribution in [0.2, 0.25) is 0 Å². The summed E-state index contributed by atoms with van der Waals surface area (Å²) in [5.41, 5.74) is 9.31. The summed E-state index contributed by atoms with van der Waals surface area (Å²) in [7, 11) is 0. The van der Waals surface area contributed by atoms with E-state index in [1.165, 1.54) is 22.3 Å². The van der Waals surface area contributed by atoms with E-state index in [4.69, 9.17) is 9.15 Å². The Morgan fingerprint density at radius 3 is 1.88 bits per heavy atom. The highest BCUT2D eigenvalue weighted by atomic mass is 16.5. The molecule has 3 nitrogen and oxygen atoms in total. The van der Waals surface area contributed by atoms with Crippen molar-refractivity contribution in [2.45, 2.75) is 60.3 Å². The predicted molar refractivity (Wildman–Crippen MR) is 137 cm³/mol. The van der Waals surface area contributed by atoms with E-state index < -0.39 is 0 Å². The van der Waals surface area contributed by atoms with Crippen LogP contribution in [0.25, 0.3) is 33.1 Å². The number of aryl methyl sites for hydroxylation is 4. The van der Waals surface area contributed by atoms with Gasteiger partial charge < -0.3 is 4.74 Å². The fraction of sp³-hybridized carbons (Fsp3) is 0.333. The lowest BCUT2D eigenvalue weighted by atomic mass is 9.90. The molecule has 0 saturated heterocycles. The first kappa shape index (κ1) is 23.0. The third-order valence-electron chi connectivity index (χ3n) is 6.37. The van der Waals surface area contributed by atoms with E-state index in [-0.39, 0.29) is 5.97 Å². The summed E-state index contributed by atoms with van der Waals surface area (Å²) in [5, 5.41) is 2.05. The average Bonchev–Trinajstić information content (AvgIpc) is 2.80. The molecule has 0 fully saturated rings. The lowest BCUT2D eigenvalue weighted by molar-refractivity contribution is 0.0527. The molecule has 0 aliphatic heterocycles. The van der Waals surface area contributed by atoms with Crippen molar-refractivity contribution in [1.29, 1.82) is 0 Å². The van der Waals surface area contributed by atoms with Crippen LogP contribution in [0.1, 0.15) is 66.2 Å². The first-order chi connectivity index (χ1) is 16.0. The highest BCUT2D eigenvalue weighted by Crippen LogP contribution is 2.40. The molecule has 0 aliphatic carbocycles. The molecule has 0 saturated carbocycles. The van der Waals surface area contributed by atoms with Crippen LogP contribution in [-0.2, 0) is 17.6 Å². The monoisotopic (exact) mass is 441 g/mol. The maximum atomic E-state index is 12.9. The topological polar surface area (TPSA) is 37.6 Å². The molecule has 170 valence electrons. The van der Waals surface area contributed by atoms with Crippen LogP contribution >= 0.6 is 0 Å². The van der Waals surface area contributed by atoms with Crippen LogP contribution in [0.3, 0.4) is 0 Å². The van der Waals surface area contributed by atoms with Gasteiger partial charge in [-0.25, -0.2) is 9.21 Å². The second-order valence-corrected chi connectivity index (χ2v) is 8.79. The van der Waals surface area contributed by atoms with Crippen LogP contribution in [0, 0.1) is 13.8 Å². The number of fused-ring (bicyclic) bond motifs is 2. The van der Waals surface area contributed by atoms with Gasteiger partial charge in [-0.15, -0.1) is 0 Å². The van der Waals surface area contributed by atoms with E-state index in [2.05, 4.69) is 52.0 Å². The number of hydrogen-bond donors (Lipinski definition) is 0. The van der Waals surface area contributed by atoms with E-state index in [1.807, 2.05) is 31.2 Å². The fourth-order valence-corrected chi connectivity index (χ4v) is 4.74. The van der Waals surface area contributed by atoms with E-state index in [0.29, 0.717) is 12.2 Å². The molecule has 0 bridgehead atoms. The zero-order chi connectivity index (χ0) is 23.5. The summed E-state index contributed by atoms with van der Waals surface area (Å²) in [6.45, 7) is 10.9. The van der Waals surface area contributed by atoms with Gasteiger partial charge in [0.15, 0.2) is 0 Å². The Bertz CT molecular complexity index is 1260. The lowest BCUT2D eigenvalue weighted by Gasteiger charge is -2.13. The summed E-state index contributed by atoms with van der Waals surface area (Å²) >= 11 is 0. The molecule has 4 rings (SSSR count). The van der Waals surface area contributed by atoms with Crippen molar-refractivity contribution < 1.29 is 13.9 Å². The SMILES string of the molecule is CCCc1cc2[o+]c3cc(CCC)c(C)cc3c(-c3ccccc3C(=O)OCC)c2cc1C. The fourth-order valence-electron chi connectivity index (χ4n) is 4.74. The van der Waals surface area contributed by atoms with Crippen molar-refractivity contribution in [2.75, 3.05) is 6.61 Å². The molecule has 0 amide bonds. The minimum atomic E-state index is -0.297. The second-order valence-electron chi connectivity index (χ2n) is 8.79. The third kappa shape index (κ3) is 4.37. The number of hydrogen-bond acceptors (Lipinski definition) is 2. The summed E-state index contributed by atoms with van der Waals surface area (Å²) < 4.78 is 11.9. The minimum absolute atomic E-state index is 0.297. The predicted octanol–water partition coefficient (Wildman–Crippen LogP) is 8.23. The van der Waals surface area contributed by atoms with Gasteiger partial charge in [0.2, 0.25) is 0 Å². The Morgan fingerprint density at radius 2 is 1.36 bits per heavy atom. The molecule has 0 spiro atoms. The number of benzene rings is 3. The first-order valence-corrected chi connectivity index (χ1v) is 12.1. The molecule has 1 heterocycles. The molecule has 0 radical (unpaired) electrons. The smallest absolute Gasteiger partial charge is 0.361 e. The van der Waals surface area contributed by atoms with E-state index in [9.17, 15) is 4.79 Å². The molecular weight excluding hydrogens is 408 g/mol. The minimum Gasteiger partial charge on any atom is -0.462 e. The third-order valence-corrected chi connectivity index (χ3v) is 6.37. The van der Waals surface area contributed by atoms with Crippen LogP contribution in [0.15, 0.2) is 52.9 Å². The average molecular weight is 442 g/mol. The van der Waals surface area contributed by atoms with E-state index >= 15 is 0 Å². The van der Waals surface area contributed by atoms with Crippen LogP contribution < -0.4 is 0 Å². The number of carbonyl (C=O) groups is 1. The summed E-state index contributed by atoms with van der Waals surface area (Å²) in [4.78, 5) is 12.9. The summed E-state index contributed by atoms with van der Waals surface area (Å²) in [6.07, 6.45) is 4.19. The Kier molecular flexibility index (Phi) is 6.78.